The Kier molecular flexibility index (Phi) is 3.01. The average molecular weight is 265 g/mol. The van der Waals surface area contributed by atoms with E-state index in [2.05, 4.69) is 15.3 Å². The summed E-state index contributed by atoms with van der Waals surface area (Å²) < 4.78 is 0. The summed E-state index contributed by atoms with van der Waals surface area (Å²) in [6.07, 6.45) is 4.85. The highest BCUT2D eigenvalue weighted by Gasteiger charge is 2.04. The number of carboxylic acids is 1. The number of anilines is 2. The van der Waals surface area contributed by atoms with Gasteiger partial charge in [-0.1, -0.05) is 12.1 Å². The fourth-order valence-electron chi connectivity index (χ4n) is 1.96. The van der Waals surface area contributed by atoms with E-state index in [1.807, 2.05) is 24.3 Å². The summed E-state index contributed by atoms with van der Waals surface area (Å²) in [6, 6.07) is 10.9. The molecule has 0 aliphatic rings. The van der Waals surface area contributed by atoms with Crippen LogP contribution >= 0.6 is 0 Å². The van der Waals surface area contributed by atoms with Crippen molar-refractivity contribution in [1.82, 2.24) is 9.97 Å². The summed E-state index contributed by atoms with van der Waals surface area (Å²) in [5, 5.41) is 14.1. The second-order valence-electron chi connectivity index (χ2n) is 4.26. The third kappa shape index (κ3) is 2.29. The first-order valence-corrected chi connectivity index (χ1v) is 6.03. The van der Waals surface area contributed by atoms with Gasteiger partial charge in [-0.15, -0.1) is 0 Å². The van der Waals surface area contributed by atoms with Gasteiger partial charge in [-0.3, -0.25) is 4.98 Å². The van der Waals surface area contributed by atoms with Gasteiger partial charge in [0.15, 0.2) is 0 Å². The molecular formula is C15H11N3O2. The van der Waals surface area contributed by atoms with E-state index in [0.717, 1.165) is 16.5 Å². The zero-order valence-electron chi connectivity index (χ0n) is 10.4. The van der Waals surface area contributed by atoms with Crippen molar-refractivity contribution in [2.75, 3.05) is 5.32 Å². The molecule has 0 saturated heterocycles. The SMILES string of the molecule is O=C(O)c1ccc(Nc2cccc3cnccc23)nc1. The molecule has 0 bridgehead atoms. The van der Waals surface area contributed by atoms with Crippen LogP contribution in [0.1, 0.15) is 10.4 Å². The summed E-state index contributed by atoms with van der Waals surface area (Å²) in [5.41, 5.74) is 1.07. The standard InChI is InChI=1S/C15H11N3O2/c19-15(20)11-4-5-14(17-9-11)18-13-3-1-2-10-8-16-7-6-12(10)13/h1-9H,(H,17,18)(H,19,20). The topological polar surface area (TPSA) is 75.1 Å². The van der Waals surface area contributed by atoms with Crippen LogP contribution in [-0.4, -0.2) is 21.0 Å². The number of hydrogen-bond acceptors (Lipinski definition) is 4. The number of pyridine rings is 2. The molecule has 0 saturated carbocycles. The summed E-state index contributed by atoms with van der Waals surface area (Å²) in [4.78, 5) is 19.0. The van der Waals surface area contributed by atoms with E-state index >= 15 is 0 Å². The Hall–Kier alpha value is -2.95. The van der Waals surface area contributed by atoms with Gasteiger partial charge in [-0.2, -0.15) is 0 Å². The number of carbonyl (C=O) groups is 1. The summed E-state index contributed by atoms with van der Waals surface area (Å²) in [7, 11) is 0. The number of nitrogens with zero attached hydrogens (tertiary/aromatic N) is 2. The van der Waals surface area contributed by atoms with E-state index in [1.165, 1.54) is 12.3 Å². The van der Waals surface area contributed by atoms with Crippen LogP contribution in [0, 0.1) is 0 Å². The van der Waals surface area contributed by atoms with Crippen LogP contribution in [0.2, 0.25) is 0 Å². The molecule has 0 unspecified atom stereocenters. The minimum Gasteiger partial charge on any atom is -0.478 e. The van der Waals surface area contributed by atoms with Gasteiger partial charge < -0.3 is 10.4 Å². The fraction of sp³-hybridized carbons (Fsp3) is 0. The molecule has 0 aliphatic carbocycles. The van der Waals surface area contributed by atoms with Crippen molar-refractivity contribution in [2.24, 2.45) is 0 Å². The lowest BCUT2D eigenvalue weighted by atomic mass is 10.1. The zero-order chi connectivity index (χ0) is 13.9. The Morgan fingerprint density at radius 2 is 2.00 bits per heavy atom. The lowest BCUT2D eigenvalue weighted by Gasteiger charge is -2.08. The number of rotatable bonds is 3. The van der Waals surface area contributed by atoms with Gasteiger partial charge in [0.05, 0.1) is 5.56 Å². The van der Waals surface area contributed by atoms with Gasteiger partial charge in [-0.05, 0) is 24.3 Å². The second-order valence-corrected chi connectivity index (χ2v) is 4.26. The Balaban J connectivity index is 1.95. The van der Waals surface area contributed by atoms with Gasteiger partial charge in [0, 0.05) is 35.1 Å². The molecular weight excluding hydrogens is 254 g/mol. The number of aromatic carboxylic acids is 1. The van der Waals surface area contributed by atoms with Crippen LogP contribution in [0.15, 0.2) is 55.0 Å². The fourth-order valence-corrected chi connectivity index (χ4v) is 1.96. The van der Waals surface area contributed by atoms with Crippen molar-refractivity contribution in [3.8, 4) is 0 Å². The average Bonchev–Trinajstić information content (AvgIpc) is 2.48. The van der Waals surface area contributed by atoms with Gasteiger partial charge in [-0.25, -0.2) is 9.78 Å². The molecule has 2 N–H and O–H groups in total. The maximum Gasteiger partial charge on any atom is 0.337 e. The van der Waals surface area contributed by atoms with E-state index in [0.29, 0.717) is 5.82 Å². The molecule has 5 nitrogen and oxygen atoms in total. The molecule has 0 atom stereocenters. The maximum absolute atomic E-state index is 10.8. The second kappa shape index (κ2) is 4.97. The predicted octanol–water partition coefficient (Wildman–Crippen LogP) is 3.07. The van der Waals surface area contributed by atoms with Crippen molar-refractivity contribution >= 4 is 28.2 Å². The molecule has 3 rings (SSSR count). The van der Waals surface area contributed by atoms with Gasteiger partial charge in [0.2, 0.25) is 0 Å². The van der Waals surface area contributed by atoms with E-state index in [-0.39, 0.29) is 5.56 Å². The lowest BCUT2D eigenvalue weighted by Crippen LogP contribution is -1.99. The highest BCUT2D eigenvalue weighted by molar-refractivity contribution is 5.94. The molecule has 0 radical (unpaired) electrons. The van der Waals surface area contributed by atoms with Gasteiger partial charge >= 0.3 is 5.97 Å². The number of hydrogen-bond donors (Lipinski definition) is 2. The molecule has 5 heteroatoms. The number of fused-ring (bicyclic) bond motifs is 1. The normalized spacial score (nSPS) is 10.4. The highest BCUT2D eigenvalue weighted by atomic mass is 16.4. The van der Waals surface area contributed by atoms with E-state index < -0.39 is 5.97 Å². The Bertz CT molecular complexity index is 764. The minimum absolute atomic E-state index is 0.165. The number of benzene rings is 1. The van der Waals surface area contributed by atoms with Crippen molar-refractivity contribution in [2.45, 2.75) is 0 Å². The first-order valence-electron chi connectivity index (χ1n) is 6.03. The van der Waals surface area contributed by atoms with Gasteiger partial charge in [0.25, 0.3) is 0 Å². The van der Waals surface area contributed by atoms with Crippen molar-refractivity contribution in [3.63, 3.8) is 0 Å². The van der Waals surface area contributed by atoms with Crippen molar-refractivity contribution in [3.05, 3.63) is 60.6 Å². The third-order valence-electron chi connectivity index (χ3n) is 2.95. The third-order valence-corrected chi connectivity index (χ3v) is 2.95. The maximum atomic E-state index is 10.8. The van der Waals surface area contributed by atoms with Crippen molar-refractivity contribution < 1.29 is 9.90 Å². The number of nitrogens with one attached hydrogen (secondary N) is 1. The largest absolute Gasteiger partial charge is 0.478 e. The molecule has 0 aliphatic heterocycles. The van der Waals surface area contributed by atoms with E-state index in [4.69, 9.17) is 5.11 Å². The van der Waals surface area contributed by atoms with Crippen molar-refractivity contribution in [1.29, 1.82) is 0 Å². The molecule has 1 aromatic carbocycles. The minimum atomic E-state index is -0.986. The molecule has 0 fully saturated rings. The first kappa shape index (κ1) is 12.1. The number of carboxylic acid groups (broad SMARTS) is 1. The quantitative estimate of drug-likeness (QED) is 0.761. The van der Waals surface area contributed by atoms with E-state index in [9.17, 15) is 4.79 Å². The predicted molar refractivity (Wildman–Crippen MR) is 76.2 cm³/mol. The molecule has 2 heterocycles. The molecule has 0 amide bonds. The summed E-state index contributed by atoms with van der Waals surface area (Å²) in [5.74, 6) is -0.389. The van der Waals surface area contributed by atoms with Gasteiger partial charge in [0.1, 0.15) is 5.82 Å². The summed E-state index contributed by atoms with van der Waals surface area (Å²) in [6.45, 7) is 0. The smallest absolute Gasteiger partial charge is 0.337 e. The molecule has 2 aromatic heterocycles. The Morgan fingerprint density at radius 1 is 1.10 bits per heavy atom. The molecule has 20 heavy (non-hydrogen) atoms. The molecule has 98 valence electrons. The molecule has 3 aromatic rings. The molecule has 0 spiro atoms. The van der Waals surface area contributed by atoms with Crippen LogP contribution in [-0.2, 0) is 0 Å². The zero-order valence-corrected chi connectivity index (χ0v) is 10.4. The van der Waals surface area contributed by atoms with Crippen LogP contribution in [0.4, 0.5) is 11.5 Å². The lowest BCUT2D eigenvalue weighted by molar-refractivity contribution is 0.0696. The number of aromatic nitrogens is 2. The monoisotopic (exact) mass is 265 g/mol. The Morgan fingerprint density at radius 3 is 2.75 bits per heavy atom. The van der Waals surface area contributed by atoms with Crippen LogP contribution in [0.25, 0.3) is 10.8 Å². The highest BCUT2D eigenvalue weighted by Crippen LogP contribution is 2.24. The summed E-state index contributed by atoms with van der Waals surface area (Å²) >= 11 is 0. The first-order chi connectivity index (χ1) is 9.74. The van der Waals surface area contributed by atoms with Crippen LogP contribution in [0.3, 0.4) is 0 Å². The Labute approximate surface area is 114 Å². The van der Waals surface area contributed by atoms with E-state index in [1.54, 1.807) is 18.5 Å². The van der Waals surface area contributed by atoms with Crippen LogP contribution < -0.4 is 5.32 Å². The van der Waals surface area contributed by atoms with Crippen LogP contribution in [0.5, 0.6) is 0 Å².